The molecule has 0 aliphatic carbocycles. The van der Waals surface area contributed by atoms with Gasteiger partial charge in [-0.25, -0.2) is 0 Å². The maximum absolute atomic E-state index is 11.2. The summed E-state index contributed by atoms with van der Waals surface area (Å²) in [4.78, 5) is 13.1. The number of carboxylic acids is 1. The van der Waals surface area contributed by atoms with Crippen LogP contribution in [0.3, 0.4) is 0 Å². The number of aromatic hydroxyl groups is 7. The molecule has 32 heavy (non-hydrogen) atoms. The van der Waals surface area contributed by atoms with Crippen LogP contribution in [0.15, 0.2) is 6.08 Å². The highest BCUT2D eigenvalue weighted by molar-refractivity contribution is 5.95. The van der Waals surface area contributed by atoms with Crippen LogP contribution >= 0.6 is 0 Å². The summed E-state index contributed by atoms with van der Waals surface area (Å²) < 4.78 is 5.48. The molecule has 0 saturated carbocycles. The van der Waals surface area contributed by atoms with Gasteiger partial charge < -0.3 is 50.5 Å². The Morgan fingerprint density at radius 2 is 1.50 bits per heavy atom. The molecule has 3 rings (SSSR count). The molecule has 2 aromatic rings. The van der Waals surface area contributed by atoms with Gasteiger partial charge in [0.25, 0.3) is 0 Å². The number of hydrogen-bond donors (Lipinski definition) is 8. The van der Waals surface area contributed by atoms with Gasteiger partial charge in [-0.1, -0.05) is 6.08 Å². The van der Waals surface area contributed by atoms with E-state index in [0.717, 1.165) is 0 Å². The van der Waals surface area contributed by atoms with Crippen LogP contribution in [0.1, 0.15) is 28.7 Å². The van der Waals surface area contributed by atoms with E-state index in [1.807, 2.05) is 4.90 Å². The van der Waals surface area contributed by atoms with Gasteiger partial charge in [-0.15, -0.1) is 0 Å². The van der Waals surface area contributed by atoms with Crippen LogP contribution in [0.25, 0.3) is 5.57 Å². The zero-order chi connectivity index (χ0) is 23.9. The smallest absolute Gasteiger partial charge is 0.308 e. The molecule has 0 bridgehead atoms. The molecule has 2 aromatic carbocycles. The van der Waals surface area contributed by atoms with Gasteiger partial charge in [0, 0.05) is 17.7 Å². The molecule has 0 saturated heterocycles. The van der Waals surface area contributed by atoms with Crippen LogP contribution in [0.2, 0.25) is 0 Å². The Bertz CT molecular complexity index is 1140. The monoisotopic (exact) mass is 449 g/mol. The number of carboxylic acid groups (broad SMARTS) is 1. The van der Waals surface area contributed by atoms with Gasteiger partial charge in [0.05, 0.1) is 17.5 Å². The van der Waals surface area contributed by atoms with Crippen molar-refractivity contribution in [3.8, 4) is 46.0 Å². The summed E-state index contributed by atoms with van der Waals surface area (Å²) in [5.74, 6) is -7.94. The predicted octanol–water partition coefficient (Wildman–Crippen LogP) is 1.53. The van der Waals surface area contributed by atoms with Crippen LogP contribution in [0.5, 0.6) is 46.0 Å². The largest absolute Gasteiger partial charge is 0.507 e. The van der Waals surface area contributed by atoms with Crippen molar-refractivity contribution in [3.05, 3.63) is 28.3 Å². The fourth-order valence-corrected chi connectivity index (χ4v) is 3.57. The average Bonchev–Trinajstić information content (AvgIpc) is 2.89. The Balaban J connectivity index is 2.42. The molecule has 0 atom stereocenters. The minimum absolute atomic E-state index is 0.0168. The van der Waals surface area contributed by atoms with Crippen molar-refractivity contribution in [1.82, 2.24) is 4.90 Å². The fraction of sp³-hybridized carbons (Fsp3) is 0.286. The van der Waals surface area contributed by atoms with Crippen molar-refractivity contribution < 1.29 is 50.4 Å². The number of aliphatic carboxylic acids is 1. The number of carbonyl (C=O) groups is 1. The topological polar surface area (TPSA) is 191 Å². The van der Waals surface area contributed by atoms with E-state index in [-0.39, 0.29) is 22.3 Å². The van der Waals surface area contributed by atoms with E-state index in [2.05, 4.69) is 0 Å². The van der Waals surface area contributed by atoms with E-state index in [1.54, 1.807) is 14.1 Å². The number of rotatable bonds is 5. The Kier molecular flexibility index (Phi) is 5.86. The van der Waals surface area contributed by atoms with Crippen molar-refractivity contribution in [1.29, 1.82) is 0 Å². The molecule has 11 heteroatoms. The number of ether oxygens (including phenoxy) is 1. The minimum Gasteiger partial charge on any atom is -0.507 e. The summed E-state index contributed by atoms with van der Waals surface area (Å²) in [7, 11) is 3.60. The number of fused-ring (bicyclic) bond motifs is 2. The van der Waals surface area contributed by atoms with E-state index in [4.69, 9.17) is 9.84 Å². The summed E-state index contributed by atoms with van der Waals surface area (Å²) in [6, 6.07) is 0. The van der Waals surface area contributed by atoms with E-state index in [0.29, 0.717) is 13.0 Å². The van der Waals surface area contributed by atoms with Crippen molar-refractivity contribution in [2.75, 3.05) is 20.6 Å². The third-order valence-corrected chi connectivity index (χ3v) is 5.12. The van der Waals surface area contributed by atoms with Gasteiger partial charge in [-0.05, 0) is 26.1 Å². The third-order valence-electron chi connectivity index (χ3n) is 5.12. The molecule has 1 aliphatic rings. The van der Waals surface area contributed by atoms with Gasteiger partial charge >= 0.3 is 5.97 Å². The van der Waals surface area contributed by atoms with E-state index in [1.165, 1.54) is 6.08 Å². The van der Waals surface area contributed by atoms with Crippen molar-refractivity contribution in [3.63, 3.8) is 0 Å². The average molecular weight is 449 g/mol. The lowest BCUT2D eigenvalue weighted by atomic mass is 9.89. The number of nitrogens with zero attached hydrogens (tertiary/aromatic N) is 1. The Morgan fingerprint density at radius 1 is 0.875 bits per heavy atom. The lowest BCUT2D eigenvalue weighted by molar-refractivity contribution is -0.136. The summed E-state index contributed by atoms with van der Waals surface area (Å²) in [5, 5.41) is 81.8. The minimum atomic E-state index is -1.40. The van der Waals surface area contributed by atoms with Gasteiger partial charge in [0.1, 0.15) is 12.4 Å². The first-order valence-corrected chi connectivity index (χ1v) is 9.45. The second kappa shape index (κ2) is 8.27. The summed E-state index contributed by atoms with van der Waals surface area (Å²) in [6.07, 6.45) is 0.996. The number of phenolic OH excluding ortho intramolecular Hbond substituents is 7. The van der Waals surface area contributed by atoms with Crippen LogP contribution in [-0.4, -0.2) is 72.4 Å². The Morgan fingerprint density at radius 3 is 2.09 bits per heavy atom. The lowest BCUT2D eigenvalue weighted by Crippen LogP contribution is -2.12. The lowest BCUT2D eigenvalue weighted by Gasteiger charge is -2.19. The molecule has 11 nitrogen and oxygen atoms in total. The molecular formula is C21H23NO10. The molecular weight excluding hydrogens is 426 g/mol. The van der Waals surface area contributed by atoms with Gasteiger partial charge in [0.15, 0.2) is 23.0 Å². The first-order valence-electron chi connectivity index (χ1n) is 9.45. The van der Waals surface area contributed by atoms with E-state index in [9.17, 15) is 40.5 Å². The highest BCUT2D eigenvalue weighted by atomic mass is 16.5. The normalized spacial score (nSPS) is 14.0. The molecule has 8 N–H and O–H groups in total. The molecule has 1 heterocycles. The van der Waals surface area contributed by atoms with Gasteiger partial charge in [0.2, 0.25) is 17.2 Å². The zero-order valence-corrected chi connectivity index (χ0v) is 17.2. The van der Waals surface area contributed by atoms with Crippen LogP contribution < -0.4 is 4.74 Å². The molecule has 0 aromatic heterocycles. The molecule has 0 amide bonds. The zero-order valence-electron chi connectivity index (χ0n) is 17.2. The van der Waals surface area contributed by atoms with Crippen molar-refractivity contribution in [2.24, 2.45) is 0 Å². The summed E-state index contributed by atoms with van der Waals surface area (Å²) in [6.45, 7) is -0.0377. The fourth-order valence-electron chi connectivity index (χ4n) is 3.57. The van der Waals surface area contributed by atoms with Crippen molar-refractivity contribution >= 4 is 11.5 Å². The molecule has 0 spiro atoms. The predicted molar refractivity (Wildman–Crippen MR) is 110 cm³/mol. The second-order valence-electron chi connectivity index (χ2n) is 7.55. The van der Waals surface area contributed by atoms with Gasteiger partial charge in [-0.2, -0.15) is 0 Å². The summed E-state index contributed by atoms with van der Waals surface area (Å²) >= 11 is 0. The number of phenols is 7. The summed E-state index contributed by atoms with van der Waals surface area (Å²) in [5.41, 5.74) is -1.13. The highest BCUT2D eigenvalue weighted by Crippen LogP contribution is 2.58. The molecule has 172 valence electrons. The Labute approximate surface area is 181 Å². The highest BCUT2D eigenvalue weighted by Gasteiger charge is 2.35. The molecule has 0 radical (unpaired) electrons. The number of hydrogen-bond acceptors (Lipinski definition) is 10. The molecule has 1 aliphatic heterocycles. The SMILES string of the molecule is CN(C)CCC=C1c2c(O)c(O)c(O)c(O)c2COc2c(O)c(O)c(CC(=O)O)c(O)c21. The molecule has 0 unspecified atom stereocenters. The second-order valence-corrected chi connectivity index (χ2v) is 7.55. The standard InChI is InChI=1S/C21H23NO10/c1-22(2)5-3-4-8-12-10(16(27)18(29)19(30)17(12)28)7-32-21-13(8)14(25)9(6-11(23)24)15(26)20(21)31/h4,25-31H,3,5-7H2,1-2H3,(H,23,24). The van der Waals surface area contributed by atoms with Crippen LogP contribution in [0, 0.1) is 0 Å². The quantitative estimate of drug-likeness (QED) is 0.244. The van der Waals surface area contributed by atoms with Crippen LogP contribution in [-0.2, 0) is 17.8 Å². The van der Waals surface area contributed by atoms with E-state index < -0.39 is 70.6 Å². The Hall–Kier alpha value is -3.99. The first kappa shape index (κ1) is 22.7. The van der Waals surface area contributed by atoms with Crippen LogP contribution in [0.4, 0.5) is 0 Å². The molecule has 0 fully saturated rings. The maximum atomic E-state index is 11.2. The van der Waals surface area contributed by atoms with Crippen molar-refractivity contribution in [2.45, 2.75) is 19.4 Å². The van der Waals surface area contributed by atoms with E-state index >= 15 is 0 Å². The van der Waals surface area contributed by atoms with Gasteiger partial charge in [-0.3, -0.25) is 4.79 Å². The third kappa shape index (κ3) is 3.62. The number of benzene rings is 2. The first-order chi connectivity index (χ1) is 15.0. The maximum Gasteiger partial charge on any atom is 0.308 e.